The third-order valence-corrected chi connectivity index (χ3v) is 4.02. The van der Waals surface area contributed by atoms with Gasteiger partial charge < -0.3 is 15.8 Å². The Balaban J connectivity index is 2.11. The van der Waals surface area contributed by atoms with Crippen LogP contribution in [0.4, 0.5) is 5.82 Å². The smallest absolute Gasteiger partial charge is 0.311 e. The summed E-state index contributed by atoms with van der Waals surface area (Å²) in [4.78, 5) is 16.6. The Morgan fingerprint density at radius 2 is 2.09 bits per heavy atom. The Kier molecular flexibility index (Phi) is 5.40. The molecule has 22 heavy (non-hydrogen) atoms. The van der Waals surface area contributed by atoms with Gasteiger partial charge in [0.05, 0.1) is 5.41 Å². The number of carbonyl (C=O) groups excluding carboxylic acids is 1. The number of hydrogen-bond donors (Lipinski definition) is 2. The molecule has 2 rings (SSSR count). The molecule has 0 bridgehead atoms. The van der Waals surface area contributed by atoms with Gasteiger partial charge in [-0.2, -0.15) is 0 Å². The lowest BCUT2D eigenvalue weighted by atomic mass is 9.88. The van der Waals surface area contributed by atoms with Crippen LogP contribution in [-0.2, 0) is 16.0 Å². The normalized spacial score (nSPS) is 18.0. The van der Waals surface area contributed by atoms with Crippen molar-refractivity contribution < 1.29 is 9.53 Å². The highest BCUT2D eigenvalue weighted by Crippen LogP contribution is 2.25. The first kappa shape index (κ1) is 16.7. The van der Waals surface area contributed by atoms with Crippen molar-refractivity contribution >= 4 is 11.8 Å². The topological polar surface area (TPSA) is 77.2 Å². The van der Waals surface area contributed by atoms with Crippen molar-refractivity contribution in [2.45, 2.75) is 46.1 Å². The predicted molar refractivity (Wildman–Crippen MR) is 87.3 cm³/mol. The molecule has 122 valence electrons. The van der Waals surface area contributed by atoms with Crippen LogP contribution in [0.3, 0.4) is 0 Å². The fourth-order valence-corrected chi connectivity index (χ4v) is 2.65. The largest absolute Gasteiger partial charge is 0.461 e. The highest BCUT2D eigenvalue weighted by Gasteiger charge is 2.31. The summed E-state index contributed by atoms with van der Waals surface area (Å²) in [6.07, 6.45) is 2.52. The number of pyridine rings is 1. The second-order valence-corrected chi connectivity index (χ2v) is 7.04. The van der Waals surface area contributed by atoms with Crippen LogP contribution in [-0.4, -0.2) is 30.1 Å². The molecule has 1 aromatic rings. The summed E-state index contributed by atoms with van der Waals surface area (Å²) in [5.41, 5.74) is 6.14. The van der Waals surface area contributed by atoms with Crippen LogP contribution >= 0.6 is 0 Å². The van der Waals surface area contributed by atoms with Crippen molar-refractivity contribution in [3.63, 3.8) is 0 Å². The van der Waals surface area contributed by atoms with Gasteiger partial charge in [0.15, 0.2) is 0 Å². The van der Waals surface area contributed by atoms with Gasteiger partial charge in [0.1, 0.15) is 11.9 Å². The minimum atomic E-state index is -0.492. The molecule has 0 radical (unpaired) electrons. The minimum absolute atomic E-state index is 0.136. The SMILES string of the molecule is CC(C)(C)C(=O)OC(Cc1cccc(N)n1)C1CCNCC1. The average Bonchev–Trinajstić information content (AvgIpc) is 2.46. The maximum atomic E-state index is 12.3. The zero-order valence-corrected chi connectivity index (χ0v) is 13.8. The van der Waals surface area contributed by atoms with E-state index in [9.17, 15) is 4.79 Å². The summed E-state index contributed by atoms with van der Waals surface area (Å²) >= 11 is 0. The molecule has 1 aromatic heterocycles. The number of piperidine rings is 1. The molecule has 3 N–H and O–H groups in total. The molecule has 0 aromatic carbocycles. The zero-order valence-electron chi connectivity index (χ0n) is 13.8. The fourth-order valence-electron chi connectivity index (χ4n) is 2.65. The predicted octanol–water partition coefficient (Wildman–Crippen LogP) is 2.16. The van der Waals surface area contributed by atoms with Crippen LogP contribution in [0.5, 0.6) is 0 Å². The van der Waals surface area contributed by atoms with E-state index >= 15 is 0 Å². The molecule has 5 heteroatoms. The van der Waals surface area contributed by atoms with Crippen LogP contribution < -0.4 is 11.1 Å². The molecular weight excluding hydrogens is 278 g/mol. The van der Waals surface area contributed by atoms with Gasteiger partial charge >= 0.3 is 5.97 Å². The Hall–Kier alpha value is -1.62. The van der Waals surface area contributed by atoms with Crippen LogP contribution in [0.2, 0.25) is 0 Å². The highest BCUT2D eigenvalue weighted by atomic mass is 16.5. The molecule has 2 heterocycles. The van der Waals surface area contributed by atoms with Crippen molar-refractivity contribution in [2.24, 2.45) is 11.3 Å². The molecule has 1 atom stereocenters. The Bertz CT molecular complexity index is 505. The van der Waals surface area contributed by atoms with Crippen molar-refractivity contribution in [3.8, 4) is 0 Å². The Morgan fingerprint density at radius 3 is 2.68 bits per heavy atom. The molecule has 0 saturated carbocycles. The lowest BCUT2D eigenvalue weighted by molar-refractivity contribution is -0.162. The number of rotatable bonds is 4. The highest BCUT2D eigenvalue weighted by molar-refractivity contribution is 5.75. The summed E-state index contributed by atoms with van der Waals surface area (Å²) in [5, 5.41) is 3.35. The van der Waals surface area contributed by atoms with Gasteiger partial charge in [-0.25, -0.2) is 4.98 Å². The molecule has 0 amide bonds. The van der Waals surface area contributed by atoms with E-state index in [2.05, 4.69) is 10.3 Å². The number of nitrogens with two attached hydrogens (primary N) is 1. The van der Waals surface area contributed by atoms with Crippen molar-refractivity contribution in [1.82, 2.24) is 10.3 Å². The number of hydrogen-bond acceptors (Lipinski definition) is 5. The van der Waals surface area contributed by atoms with Gasteiger partial charge in [0.25, 0.3) is 0 Å². The molecule has 1 fully saturated rings. The lowest BCUT2D eigenvalue weighted by Crippen LogP contribution is -2.39. The van der Waals surface area contributed by atoms with E-state index in [-0.39, 0.29) is 12.1 Å². The van der Waals surface area contributed by atoms with Gasteiger partial charge in [-0.15, -0.1) is 0 Å². The first-order chi connectivity index (χ1) is 10.4. The zero-order chi connectivity index (χ0) is 16.2. The second kappa shape index (κ2) is 7.09. The minimum Gasteiger partial charge on any atom is -0.461 e. The monoisotopic (exact) mass is 305 g/mol. The Labute approximate surface area is 132 Å². The quantitative estimate of drug-likeness (QED) is 0.834. The number of carbonyl (C=O) groups is 1. The lowest BCUT2D eigenvalue weighted by Gasteiger charge is -2.32. The standard InChI is InChI=1S/C17H27N3O2/c1-17(2,3)16(21)22-14(12-7-9-19-10-8-12)11-13-5-4-6-15(18)20-13/h4-6,12,14,19H,7-11H2,1-3H3,(H2,18,20). The number of esters is 1. The van der Waals surface area contributed by atoms with Crippen LogP contribution in [0.25, 0.3) is 0 Å². The number of nitrogens with zero attached hydrogens (tertiary/aromatic N) is 1. The average molecular weight is 305 g/mol. The second-order valence-electron chi connectivity index (χ2n) is 7.04. The summed E-state index contributed by atoms with van der Waals surface area (Å²) in [5.74, 6) is 0.722. The molecule has 1 aliphatic rings. The van der Waals surface area contributed by atoms with Crippen LogP contribution in [0, 0.1) is 11.3 Å². The van der Waals surface area contributed by atoms with Crippen LogP contribution in [0.1, 0.15) is 39.3 Å². The van der Waals surface area contributed by atoms with E-state index in [1.54, 1.807) is 6.07 Å². The molecule has 1 unspecified atom stereocenters. The maximum Gasteiger partial charge on any atom is 0.311 e. The third-order valence-electron chi connectivity index (χ3n) is 4.02. The van der Waals surface area contributed by atoms with Gasteiger partial charge in [-0.3, -0.25) is 4.79 Å². The first-order valence-electron chi connectivity index (χ1n) is 7.99. The molecule has 0 aliphatic carbocycles. The van der Waals surface area contributed by atoms with Crippen LogP contribution in [0.15, 0.2) is 18.2 Å². The van der Waals surface area contributed by atoms with E-state index in [1.807, 2.05) is 32.9 Å². The fraction of sp³-hybridized carbons (Fsp3) is 0.647. The number of nitrogens with one attached hydrogen (secondary N) is 1. The number of aromatic nitrogens is 1. The van der Waals surface area contributed by atoms with Gasteiger partial charge in [-0.1, -0.05) is 6.07 Å². The van der Waals surface area contributed by atoms with Gasteiger partial charge in [-0.05, 0) is 64.8 Å². The van der Waals surface area contributed by atoms with E-state index in [0.29, 0.717) is 18.2 Å². The first-order valence-corrected chi connectivity index (χ1v) is 7.99. The van der Waals surface area contributed by atoms with Crippen molar-refractivity contribution in [1.29, 1.82) is 0 Å². The molecule has 0 spiro atoms. The van der Waals surface area contributed by atoms with E-state index in [4.69, 9.17) is 10.5 Å². The van der Waals surface area contributed by atoms with Crippen molar-refractivity contribution in [3.05, 3.63) is 23.9 Å². The molecular formula is C17H27N3O2. The molecule has 5 nitrogen and oxygen atoms in total. The van der Waals surface area contributed by atoms with Crippen molar-refractivity contribution in [2.75, 3.05) is 18.8 Å². The van der Waals surface area contributed by atoms with Gasteiger partial charge in [0, 0.05) is 12.1 Å². The summed E-state index contributed by atoms with van der Waals surface area (Å²) < 4.78 is 5.85. The van der Waals surface area contributed by atoms with Gasteiger partial charge in [0.2, 0.25) is 0 Å². The van der Waals surface area contributed by atoms with E-state index in [0.717, 1.165) is 31.6 Å². The maximum absolute atomic E-state index is 12.3. The van der Waals surface area contributed by atoms with E-state index in [1.165, 1.54) is 0 Å². The number of ether oxygens (including phenoxy) is 1. The Morgan fingerprint density at radius 1 is 1.41 bits per heavy atom. The number of anilines is 1. The molecule has 1 aliphatic heterocycles. The molecule has 1 saturated heterocycles. The summed E-state index contributed by atoms with van der Waals surface area (Å²) in [6.45, 7) is 7.59. The summed E-state index contributed by atoms with van der Waals surface area (Å²) in [6, 6.07) is 5.60. The third kappa shape index (κ3) is 4.70. The summed E-state index contributed by atoms with van der Waals surface area (Å²) in [7, 11) is 0. The number of nitrogen functional groups attached to an aromatic ring is 1. The van der Waals surface area contributed by atoms with E-state index < -0.39 is 5.41 Å².